The van der Waals surface area contributed by atoms with Gasteiger partial charge in [-0.05, 0) is 30.0 Å². The average molecular weight is 385 g/mol. The molecule has 6 heteroatoms. The van der Waals surface area contributed by atoms with E-state index in [4.69, 9.17) is 11.6 Å². The van der Waals surface area contributed by atoms with Crippen LogP contribution in [0.25, 0.3) is 0 Å². The predicted molar refractivity (Wildman–Crippen MR) is 102 cm³/mol. The maximum Gasteiger partial charge on any atom is 0.320 e. The van der Waals surface area contributed by atoms with E-state index >= 15 is 0 Å². The number of hydrogen-bond donors (Lipinski definition) is 2. The number of nitrogens with zero attached hydrogens (tertiary/aromatic N) is 1. The van der Waals surface area contributed by atoms with Crippen molar-refractivity contribution in [3.63, 3.8) is 0 Å². The molecule has 3 atom stereocenters. The van der Waals surface area contributed by atoms with E-state index in [1.54, 1.807) is 18.2 Å². The highest BCUT2D eigenvalue weighted by Crippen LogP contribution is 2.46. The largest absolute Gasteiger partial charge is 0.370 e. The molecule has 1 heterocycles. The van der Waals surface area contributed by atoms with Gasteiger partial charge in [-0.2, -0.15) is 0 Å². The molecule has 5 nitrogen and oxygen atoms in total. The number of hydrogen-bond acceptors (Lipinski definition) is 3. The molecule has 2 aromatic rings. The molecule has 27 heavy (non-hydrogen) atoms. The van der Waals surface area contributed by atoms with Gasteiger partial charge in [0, 0.05) is 11.4 Å². The first-order chi connectivity index (χ1) is 13.0. The number of aliphatic hydroxyl groups is 1. The van der Waals surface area contributed by atoms with Crippen LogP contribution in [0.5, 0.6) is 0 Å². The molecule has 0 radical (unpaired) electrons. The van der Waals surface area contributed by atoms with E-state index < -0.39 is 23.7 Å². The first-order valence-electron chi connectivity index (χ1n) is 9.12. The number of benzene rings is 2. The number of ketones is 1. The van der Waals surface area contributed by atoms with Crippen LogP contribution in [0, 0.1) is 5.92 Å². The van der Waals surface area contributed by atoms with Crippen molar-refractivity contribution in [2.75, 3.05) is 0 Å². The lowest BCUT2D eigenvalue weighted by molar-refractivity contribution is -0.180. The SMILES string of the molecule is O=C1CCC[C@@]2(O)C1C(c1ccccc1Cl)NC(=O)N2Cc1ccccc1. The normalized spacial score (nSPS) is 27.9. The summed E-state index contributed by atoms with van der Waals surface area (Å²) in [7, 11) is 0. The molecule has 2 fully saturated rings. The van der Waals surface area contributed by atoms with Crippen LogP contribution in [0.3, 0.4) is 0 Å². The molecular formula is C21H21ClN2O3. The second-order valence-corrected chi connectivity index (χ2v) is 7.60. The van der Waals surface area contributed by atoms with Crippen molar-refractivity contribution in [1.29, 1.82) is 0 Å². The molecule has 1 aliphatic carbocycles. The topological polar surface area (TPSA) is 69.6 Å². The number of carbonyl (C=O) groups is 2. The van der Waals surface area contributed by atoms with Gasteiger partial charge in [0.15, 0.2) is 5.72 Å². The van der Waals surface area contributed by atoms with Gasteiger partial charge in [0.25, 0.3) is 0 Å². The van der Waals surface area contributed by atoms with Crippen LogP contribution in [0.4, 0.5) is 4.79 Å². The van der Waals surface area contributed by atoms with Gasteiger partial charge >= 0.3 is 6.03 Å². The van der Waals surface area contributed by atoms with Gasteiger partial charge in [-0.1, -0.05) is 60.1 Å². The third-order valence-corrected chi connectivity index (χ3v) is 5.91. The molecule has 0 spiro atoms. The Morgan fingerprint density at radius 1 is 1.11 bits per heavy atom. The van der Waals surface area contributed by atoms with Crippen molar-refractivity contribution in [3.8, 4) is 0 Å². The fourth-order valence-corrected chi connectivity index (χ4v) is 4.53. The lowest BCUT2D eigenvalue weighted by atomic mass is 9.71. The number of nitrogens with one attached hydrogen (secondary N) is 1. The van der Waals surface area contributed by atoms with Crippen LogP contribution in [-0.2, 0) is 11.3 Å². The second-order valence-electron chi connectivity index (χ2n) is 7.20. The molecule has 0 aromatic heterocycles. The van der Waals surface area contributed by atoms with E-state index in [9.17, 15) is 14.7 Å². The van der Waals surface area contributed by atoms with E-state index in [1.807, 2.05) is 36.4 Å². The van der Waals surface area contributed by atoms with Gasteiger partial charge in [-0.3, -0.25) is 9.69 Å². The molecule has 2 aliphatic rings. The summed E-state index contributed by atoms with van der Waals surface area (Å²) in [4.78, 5) is 27.2. The number of halogens is 1. The maximum absolute atomic E-state index is 13.0. The van der Waals surface area contributed by atoms with Gasteiger partial charge in [0.1, 0.15) is 5.78 Å². The fourth-order valence-electron chi connectivity index (χ4n) is 4.28. The molecule has 2 amide bonds. The minimum absolute atomic E-state index is 0.0493. The summed E-state index contributed by atoms with van der Waals surface area (Å²) in [5.74, 6) is -0.806. The fraction of sp³-hybridized carbons (Fsp3) is 0.333. The first kappa shape index (κ1) is 18.0. The third-order valence-electron chi connectivity index (χ3n) is 5.56. The first-order valence-corrected chi connectivity index (χ1v) is 9.50. The molecule has 4 rings (SSSR count). The van der Waals surface area contributed by atoms with E-state index in [0.29, 0.717) is 29.8 Å². The Labute approximate surface area is 162 Å². The minimum Gasteiger partial charge on any atom is -0.370 e. The standard InChI is InChI=1S/C21H21ClN2O3/c22-16-10-5-4-9-15(16)19-18-17(25)11-6-12-21(18,27)24(20(26)23-19)13-14-7-2-1-3-8-14/h1-5,7-10,18-19,27H,6,11-13H2,(H,23,26)/t18?,19?,21-/m1/s1. The summed E-state index contributed by atoms with van der Waals surface area (Å²) in [6.45, 7) is 0.238. The summed E-state index contributed by atoms with van der Waals surface area (Å²) >= 11 is 6.34. The number of carbonyl (C=O) groups excluding carboxylic acids is 2. The van der Waals surface area contributed by atoms with Crippen molar-refractivity contribution < 1.29 is 14.7 Å². The van der Waals surface area contributed by atoms with E-state index in [0.717, 1.165) is 5.56 Å². The van der Waals surface area contributed by atoms with Crippen LogP contribution in [0.15, 0.2) is 54.6 Å². The van der Waals surface area contributed by atoms with Crippen molar-refractivity contribution in [3.05, 3.63) is 70.7 Å². The van der Waals surface area contributed by atoms with E-state index in [-0.39, 0.29) is 12.3 Å². The second kappa shape index (κ2) is 6.98. The highest BCUT2D eigenvalue weighted by Gasteiger charge is 2.57. The maximum atomic E-state index is 13.0. The molecule has 2 N–H and O–H groups in total. The molecule has 1 saturated heterocycles. The zero-order valence-electron chi connectivity index (χ0n) is 14.8. The Bertz CT molecular complexity index is 873. The third kappa shape index (κ3) is 3.11. The van der Waals surface area contributed by atoms with Crippen LogP contribution in [0.1, 0.15) is 36.4 Å². The van der Waals surface area contributed by atoms with Gasteiger partial charge in [0.2, 0.25) is 0 Å². The van der Waals surface area contributed by atoms with Crippen molar-refractivity contribution in [1.82, 2.24) is 10.2 Å². The Kier molecular flexibility index (Phi) is 4.66. The summed E-state index contributed by atoms with van der Waals surface area (Å²) in [6, 6.07) is 15.6. The Hall–Kier alpha value is -2.37. The van der Waals surface area contributed by atoms with Crippen molar-refractivity contribution >= 4 is 23.4 Å². The van der Waals surface area contributed by atoms with Crippen molar-refractivity contribution in [2.45, 2.75) is 37.6 Å². The zero-order chi connectivity index (χ0) is 19.0. The summed E-state index contributed by atoms with van der Waals surface area (Å²) in [6.07, 6.45) is 1.31. The number of fused-ring (bicyclic) bond motifs is 1. The smallest absolute Gasteiger partial charge is 0.320 e. The number of amides is 2. The molecule has 2 unspecified atom stereocenters. The number of rotatable bonds is 3. The van der Waals surface area contributed by atoms with Crippen LogP contribution < -0.4 is 5.32 Å². The van der Waals surface area contributed by atoms with Crippen molar-refractivity contribution in [2.24, 2.45) is 5.92 Å². The molecule has 1 saturated carbocycles. The van der Waals surface area contributed by atoms with Crippen LogP contribution >= 0.6 is 11.6 Å². The molecule has 0 bridgehead atoms. The number of Topliss-reactive ketones (excluding diaryl/α,β-unsaturated/α-hetero) is 1. The summed E-state index contributed by atoms with van der Waals surface area (Å²) in [5.41, 5.74) is 0.0248. The lowest BCUT2D eigenvalue weighted by Crippen LogP contribution is -2.69. The monoisotopic (exact) mass is 384 g/mol. The molecule has 1 aliphatic heterocycles. The number of urea groups is 1. The average Bonchev–Trinajstić information content (AvgIpc) is 2.65. The highest BCUT2D eigenvalue weighted by molar-refractivity contribution is 6.31. The Morgan fingerprint density at radius 2 is 1.81 bits per heavy atom. The zero-order valence-corrected chi connectivity index (χ0v) is 15.5. The van der Waals surface area contributed by atoms with Gasteiger partial charge in [-0.15, -0.1) is 0 Å². The molecular weight excluding hydrogens is 364 g/mol. The minimum atomic E-state index is -1.53. The predicted octanol–water partition coefficient (Wildman–Crippen LogP) is 3.66. The molecule has 140 valence electrons. The summed E-state index contributed by atoms with van der Waals surface area (Å²) in [5, 5.41) is 15.0. The van der Waals surface area contributed by atoms with Gasteiger partial charge < -0.3 is 10.4 Å². The molecule has 2 aromatic carbocycles. The van der Waals surface area contributed by atoms with Gasteiger partial charge in [-0.25, -0.2) is 4.79 Å². The van der Waals surface area contributed by atoms with Gasteiger partial charge in [0.05, 0.1) is 18.5 Å². The van der Waals surface area contributed by atoms with Crippen LogP contribution in [0.2, 0.25) is 5.02 Å². The Morgan fingerprint density at radius 3 is 2.56 bits per heavy atom. The lowest BCUT2D eigenvalue weighted by Gasteiger charge is -2.53. The quantitative estimate of drug-likeness (QED) is 0.848. The summed E-state index contributed by atoms with van der Waals surface area (Å²) < 4.78 is 0. The highest BCUT2D eigenvalue weighted by atomic mass is 35.5. The van der Waals surface area contributed by atoms with Crippen LogP contribution in [-0.4, -0.2) is 27.5 Å². The van der Waals surface area contributed by atoms with E-state index in [1.165, 1.54) is 4.90 Å². The van der Waals surface area contributed by atoms with E-state index in [2.05, 4.69) is 5.32 Å². The Balaban J connectivity index is 1.75.